The van der Waals surface area contributed by atoms with E-state index in [2.05, 4.69) is 31.8 Å². The van der Waals surface area contributed by atoms with E-state index in [-0.39, 0.29) is 0 Å². The summed E-state index contributed by atoms with van der Waals surface area (Å²) in [5.41, 5.74) is 5.75. The monoisotopic (exact) mass is 515 g/mol. The van der Waals surface area contributed by atoms with Gasteiger partial charge in [0.15, 0.2) is 11.5 Å². The van der Waals surface area contributed by atoms with Crippen molar-refractivity contribution in [1.82, 2.24) is 5.43 Å². The van der Waals surface area contributed by atoms with Gasteiger partial charge in [-0.1, -0.05) is 48.0 Å². The topological polar surface area (TPSA) is 72.0 Å². The van der Waals surface area contributed by atoms with Crippen LogP contribution in [0, 0.1) is 6.92 Å². The number of nitrogens with zero attached hydrogens (tertiary/aromatic N) is 1. The molecule has 0 bridgehead atoms. The molecule has 0 atom stereocenters. The zero-order valence-electron chi connectivity index (χ0n) is 17.7. The maximum Gasteiger partial charge on any atom is 0.339 e. The molecule has 166 valence electrons. The molecule has 0 saturated heterocycles. The van der Waals surface area contributed by atoms with E-state index in [9.17, 15) is 4.79 Å². The van der Waals surface area contributed by atoms with Gasteiger partial charge in [0.2, 0.25) is 0 Å². The summed E-state index contributed by atoms with van der Waals surface area (Å²) in [6.45, 7) is 4.57. The highest BCUT2D eigenvalue weighted by molar-refractivity contribution is 9.10. The first-order chi connectivity index (χ1) is 15.5. The van der Waals surface area contributed by atoms with Gasteiger partial charge in [0, 0.05) is 16.3 Å². The average Bonchev–Trinajstić information content (AvgIpc) is 2.76. The van der Waals surface area contributed by atoms with Gasteiger partial charge >= 0.3 is 6.03 Å². The van der Waals surface area contributed by atoms with Crippen LogP contribution in [0.25, 0.3) is 0 Å². The van der Waals surface area contributed by atoms with Gasteiger partial charge in [0.05, 0.1) is 17.3 Å². The highest BCUT2D eigenvalue weighted by Gasteiger charge is 2.13. The smallest absolute Gasteiger partial charge is 0.339 e. The number of halogens is 2. The molecular weight excluding hydrogens is 494 g/mol. The molecule has 6 nitrogen and oxygen atoms in total. The highest BCUT2D eigenvalue weighted by Crippen LogP contribution is 2.37. The quantitative estimate of drug-likeness (QED) is 0.264. The summed E-state index contributed by atoms with van der Waals surface area (Å²) < 4.78 is 12.4. The third-order valence-corrected chi connectivity index (χ3v) is 5.39. The third kappa shape index (κ3) is 6.48. The lowest BCUT2D eigenvalue weighted by Crippen LogP contribution is -2.24. The maximum atomic E-state index is 12.1. The minimum absolute atomic E-state index is 0.298. The van der Waals surface area contributed by atoms with Crippen LogP contribution in [0.3, 0.4) is 0 Å². The van der Waals surface area contributed by atoms with E-state index < -0.39 is 6.03 Å². The summed E-state index contributed by atoms with van der Waals surface area (Å²) in [5.74, 6) is 1.12. The van der Waals surface area contributed by atoms with Crippen LogP contribution in [-0.2, 0) is 6.61 Å². The number of aryl methyl sites for hydroxylation is 1. The van der Waals surface area contributed by atoms with E-state index in [1.165, 1.54) is 6.21 Å². The molecule has 0 unspecified atom stereocenters. The molecule has 2 amide bonds. The first-order valence-electron chi connectivity index (χ1n) is 9.96. The van der Waals surface area contributed by atoms with Crippen molar-refractivity contribution in [2.75, 3.05) is 11.9 Å². The molecule has 32 heavy (non-hydrogen) atoms. The molecule has 0 aromatic heterocycles. The lowest BCUT2D eigenvalue weighted by Gasteiger charge is -2.15. The highest BCUT2D eigenvalue weighted by atomic mass is 79.9. The molecule has 0 fully saturated rings. The number of hydrogen-bond donors (Lipinski definition) is 2. The molecule has 0 radical (unpaired) electrons. The molecule has 2 N–H and O–H groups in total. The van der Waals surface area contributed by atoms with Gasteiger partial charge in [-0.25, -0.2) is 10.2 Å². The molecule has 8 heteroatoms. The van der Waals surface area contributed by atoms with Crippen molar-refractivity contribution in [3.63, 3.8) is 0 Å². The van der Waals surface area contributed by atoms with Crippen LogP contribution in [-0.4, -0.2) is 18.9 Å². The molecule has 0 heterocycles. The van der Waals surface area contributed by atoms with Crippen molar-refractivity contribution in [3.8, 4) is 11.5 Å². The number of carbonyl (C=O) groups is 1. The average molecular weight is 517 g/mol. The zero-order valence-corrected chi connectivity index (χ0v) is 20.0. The second-order valence-corrected chi connectivity index (χ2v) is 8.04. The summed E-state index contributed by atoms with van der Waals surface area (Å²) >= 11 is 9.75. The molecule has 3 aromatic rings. The first-order valence-corrected chi connectivity index (χ1v) is 11.1. The first kappa shape index (κ1) is 23.6. The molecule has 0 spiro atoms. The van der Waals surface area contributed by atoms with E-state index in [1.807, 2.05) is 68.4 Å². The van der Waals surface area contributed by atoms with Crippen LogP contribution in [0.4, 0.5) is 10.5 Å². The van der Waals surface area contributed by atoms with Gasteiger partial charge in [-0.3, -0.25) is 0 Å². The number of hydrazone groups is 1. The minimum Gasteiger partial charge on any atom is -0.490 e. The molecular formula is C24H23BrClN3O3. The fourth-order valence-corrected chi connectivity index (χ4v) is 3.62. The fraction of sp³-hybridized carbons (Fsp3) is 0.167. The van der Waals surface area contributed by atoms with Gasteiger partial charge in [-0.15, -0.1) is 0 Å². The Kier molecular flexibility index (Phi) is 8.53. The Morgan fingerprint density at radius 2 is 1.88 bits per heavy atom. The summed E-state index contributed by atoms with van der Waals surface area (Å²) in [4.78, 5) is 12.1. The lowest BCUT2D eigenvalue weighted by molar-refractivity contribution is 0.252. The van der Waals surface area contributed by atoms with Crippen molar-refractivity contribution in [2.45, 2.75) is 20.5 Å². The van der Waals surface area contributed by atoms with Crippen LogP contribution in [0.1, 0.15) is 23.6 Å². The molecule has 0 saturated carbocycles. The number of para-hydroxylation sites is 1. The van der Waals surface area contributed by atoms with Gasteiger partial charge in [0.25, 0.3) is 0 Å². The van der Waals surface area contributed by atoms with E-state index in [0.29, 0.717) is 34.2 Å². The van der Waals surface area contributed by atoms with Crippen molar-refractivity contribution in [1.29, 1.82) is 0 Å². The summed E-state index contributed by atoms with van der Waals surface area (Å²) in [6.07, 6.45) is 1.53. The molecule has 3 aromatic carbocycles. The van der Waals surface area contributed by atoms with Gasteiger partial charge in [-0.05, 0) is 65.2 Å². The maximum absolute atomic E-state index is 12.1. The Hall–Kier alpha value is -3.03. The van der Waals surface area contributed by atoms with Crippen molar-refractivity contribution < 1.29 is 14.3 Å². The minimum atomic E-state index is -0.431. The summed E-state index contributed by atoms with van der Waals surface area (Å²) in [5, 5.41) is 7.42. The molecule has 0 aliphatic carbocycles. The van der Waals surface area contributed by atoms with Crippen LogP contribution >= 0.6 is 27.5 Å². The van der Waals surface area contributed by atoms with Gasteiger partial charge in [0.1, 0.15) is 6.61 Å². The van der Waals surface area contributed by atoms with Gasteiger partial charge in [-0.2, -0.15) is 5.10 Å². The molecule has 0 aliphatic heterocycles. The Labute approximate surface area is 200 Å². The third-order valence-electron chi connectivity index (χ3n) is 4.43. The number of hydrogen-bond acceptors (Lipinski definition) is 4. The number of nitrogens with one attached hydrogen (secondary N) is 2. The normalized spacial score (nSPS) is 10.8. The van der Waals surface area contributed by atoms with E-state index in [4.69, 9.17) is 21.1 Å². The Morgan fingerprint density at radius 1 is 1.12 bits per heavy atom. The number of anilines is 1. The number of ether oxygens (including phenoxy) is 2. The largest absolute Gasteiger partial charge is 0.490 e. The van der Waals surface area contributed by atoms with Gasteiger partial charge < -0.3 is 14.8 Å². The molecule has 3 rings (SSSR count). The van der Waals surface area contributed by atoms with Crippen LogP contribution in [0.2, 0.25) is 5.02 Å². The van der Waals surface area contributed by atoms with Crippen LogP contribution in [0.5, 0.6) is 11.5 Å². The Morgan fingerprint density at radius 3 is 2.62 bits per heavy atom. The predicted octanol–water partition coefficient (Wildman–Crippen LogP) is 6.54. The van der Waals surface area contributed by atoms with Crippen molar-refractivity contribution in [3.05, 3.63) is 86.8 Å². The van der Waals surface area contributed by atoms with E-state index in [1.54, 1.807) is 6.07 Å². The number of benzene rings is 3. The number of urea groups is 1. The predicted molar refractivity (Wildman–Crippen MR) is 132 cm³/mol. The van der Waals surface area contributed by atoms with E-state index >= 15 is 0 Å². The van der Waals surface area contributed by atoms with Crippen LogP contribution in [0.15, 0.2) is 70.2 Å². The second kappa shape index (κ2) is 11.5. The summed E-state index contributed by atoms with van der Waals surface area (Å²) in [7, 11) is 0. The van der Waals surface area contributed by atoms with E-state index in [0.717, 1.165) is 22.4 Å². The number of amides is 2. The summed E-state index contributed by atoms with van der Waals surface area (Å²) in [6, 6.07) is 18.2. The van der Waals surface area contributed by atoms with Crippen molar-refractivity contribution >= 4 is 45.5 Å². The number of rotatable bonds is 8. The standard InChI is InChI=1S/C24H23BrClN3O3/c1-3-31-22-13-17(14-27-29-24(30)28-21-11-7-4-8-16(21)2)12-19(25)23(22)32-15-18-9-5-6-10-20(18)26/h4-14H,3,15H2,1-2H3,(H2,28,29,30). The van der Waals surface area contributed by atoms with Crippen molar-refractivity contribution in [2.24, 2.45) is 5.10 Å². The Balaban J connectivity index is 1.68. The Bertz CT molecular complexity index is 1120. The SMILES string of the molecule is CCOc1cc(C=NNC(=O)Nc2ccccc2C)cc(Br)c1OCc1ccccc1Cl. The second-order valence-electron chi connectivity index (χ2n) is 6.78. The zero-order chi connectivity index (χ0) is 22.9. The fourth-order valence-electron chi connectivity index (χ4n) is 2.86. The number of carbonyl (C=O) groups excluding carboxylic acids is 1. The van der Waals surface area contributed by atoms with Crippen LogP contribution < -0.4 is 20.2 Å². The lowest BCUT2D eigenvalue weighted by atomic mass is 10.2. The molecule has 0 aliphatic rings.